The number of aromatic nitrogens is 3. The summed E-state index contributed by atoms with van der Waals surface area (Å²) in [5.74, 6) is -0.00809. The van der Waals surface area contributed by atoms with E-state index in [1.165, 1.54) is 6.26 Å². The highest BCUT2D eigenvalue weighted by atomic mass is 16.4. The molecule has 0 aliphatic rings. The number of nitrogens with one attached hydrogen (secondary N) is 2. The number of anilines is 2. The van der Waals surface area contributed by atoms with Crippen molar-refractivity contribution in [2.45, 2.75) is 19.8 Å². The van der Waals surface area contributed by atoms with Gasteiger partial charge in [0.25, 0.3) is 11.8 Å². The molecule has 2 N–H and O–H groups in total. The number of hydrogen-bond donors (Lipinski definition) is 2. The molecule has 174 valence electrons. The first-order chi connectivity index (χ1) is 17.1. The molecule has 9 heteroatoms. The van der Waals surface area contributed by atoms with E-state index >= 15 is 0 Å². The first-order valence-corrected chi connectivity index (χ1v) is 11.1. The van der Waals surface area contributed by atoms with Crippen molar-refractivity contribution in [2.75, 3.05) is 10.6 Å². The Morgan fingerprint density at radius 1 is 0.943 bits per heavy atom. The van der Waals surface area contributed by atoms with Crippen LogP contribution in [0.15, 0.2) is 81.8 Å². The standard InChI is InChI=1S/C26H21N5O4/c1-2-7-23(32)27-17-11-12-20-18(14-17)19(15-21(28-20)16-8-4-3-5-9-16)24(33)29-26-31-30-25(35-26)22-10-6-13-34-22/h3-6,8-15H,2,7H2,1H3,(H,27,32)(H,29,31,33). The largest absolute Gasteiger partial charge is 0.459 e. The van der Waals surface area contributed by atoms with Crippen LogP contribution in [0.4, 0.5) is 11.7 Å². The van der Waals surface area contributed by atoms with Crippen LogP contribution < -0.4 is 10.6 Å². The summed E-state index contributed by atoms with van der Waals surface area (Å²) in [6.45, 7) is 1.94. The van der Waals surface area contributed by atoms with Gasteiger partial charge in [0.2, 0.25) is 5.91 Å². The molecule has 0 spiro atoms. The summed E-state index contributed by atoms with van der Waals surface area (Å²) < 4.78 is 10.8. The van der Waals surface area contributed by atoms with Crippen molar-refractivity contribution >= 4 is 34.4 Å². The minimum atomic E-state index is -0.457. The maximum atomic E-state index is 13.4. The zero-order valence-corrected chi connectivity index (χ0v) is 18.8. The molecule has 0 saturated carbocycles. The molecule has 9 nitrogen and oxygen atoms in total. The smallest absolute Gasteiger partial charge is 0.322 e. The Labute approximate surface area is 200 Å². The van der Waals surface area contributed by atoms with Gasteiger partial charge in [0.15, 0.2) is 5.76 Å². The van der Waals surface area contributed by atoms with Crippen molar-refractivity contribution in [3.8, 4) is 22.9 Å². The van der Waals surface area contributed by atoms with Crippen molar-refractivity contribution in [3.63, 3.8) is 0 Å². The van der Waals surface area contributed by atoms with Crippen molar-refractivity contribution in [3.05, 3.63) is 78.6 Å². The van der Waals surface area contributed by atoms with Crippen LogP contribution in [0.3, 0.4) is 0 Å². The van der Waals surface area contributed by atoms with Gasteiger partial charge < -0.3 is 14.2 Å². The van der Waals surface area contributed by atoms with Crippen molar-refractivity contribution in [1.29, 1.82) is 0 Å². The summed E-state index contributed by atoms with van der Waals surface area (Å²) in [6.07, 6.45) is 2.63. The fourth-order valence-electron chi connectivity index (χ4n) is 3.64. The molecule has 0 unspecified atom stereocenters. The lowest BCUT2D eigenvalue weighted by Gasteiger charge is -2.11. The van der Waals surface area contributed by atoms with E-state index in [2.05, 4.69) is 20.8 Å². The van der Waals surface area contributed by atoms with Gasteiger partial charge >= 0.3 is 6.01 Å². The van der Waals surface area contributed by atoms with Crippen LogP contribution in [-0.2, 0) is 4.79 Å². The molecule has 2 aromatic carbocycles. The van der Waals surface area contributed by atoms with E-state index < -0.39 is 5.91 Å². The molecular formula is C26H21N5O4. The predicted molar refractivity (Wildman–Crippen MR) is 131 cm³/mol. The molecule has 0 atom stereocenters. The molecular weight excluding hydrogens is 446 g/mol. The Kier molecular flexibility index (Phi) is 6.04. The van der Waals surface area contributed by atoms with Gasteiger partial charge in [-0.3, -0.25) is 14.9 Å². The Bertz CT molecular complexity index is 1490. The van der Waals surface area contributed by atoms with E-state index in [0.29, 0.717) is 40.0 Å². The molecule has 0 radical (unpaired) electrons. The monoisotopic (exact) mass is 467 g/mol. The molecule has 0 bridgehead atoms. The normalized spacial score (nSPS) is 10.9. The third-order valence-corrected chi connectivity index (χ3v) is 5.26. The number of amides is 2. The summed E-state index contributed by atoms with van der Waals surface area (Å²) in [5, 5.41) is 13.9. The maximum Gasteiger partial charge on any atom is 0.322 e. The quantitative estimate of drug-likeness (QED) is 0.322. The van der Waals surface area contributed by atoms with Crippen LogP contribution in [0, 0.1) is 0 Å². The highest BCUT2D eigenvalue weighted by molar-refractivity contribution is 6.13. The van der Waals surface area contributed by atoms with Crippen molar-refractivity contribution < 1.29 is 18.4 Å². The lowest BCUT2D eigenvalue weighted by molar-refractivity contribution is -0.116. The fourth-order valence-corrected chi connectivity index (χ4v) is 3.64. The molecule has 0 aliphatic carbocycles. The third-order valence-electron chi connectivity index (χ3n) is 5.26. The first-order valence-electron chi connectivity index (χ1n) is 11.1. The van der Waals surface area contributed by atoms with Gasteiger partial charge in [-0.05, 0) is 42.8 Å². The van der Waals surface area contributed by atoms with Crippen LogP contribution in [-0.4, -0.2) is 27.0 Å². The number of carbonyl (C=O) groups is 2. The van der Waals surface area contributed by atoms with Gasteiger partial charge in [0.1, 0.15) is 0 Å². The minimum absolute atomic E-state index is 0.0694. The molecule has 0 aliphatic heterocycles. The number of rotatable bonds is 7. The van der Waals surface area contributed by atoms with Gasteiger partial charge in [-0.15, -0.1) is 5.10 Å². The summed E-state index contributed by atoms with van der Waals surface area (Å²) in [4.78, 5) is 30.2. The summed E-state index contributed by atoms with van der Waals surface area (Å²) in [5.41, 5.74) is 3.02. The number of hydrogen-bond acceptors (Lipinski definition) is 7. The lowest BCUT2D eigenvalue weighted by Crippen LogP contribution is -2.14. The molecule has 5 rings (SSSR count). The summed E-state index contributed by atoms with van der Waals surface area (Å²) >= 11 is 0. The van der Waals surface area contributed by atoms with E-state index in [9.17, 15) is 9.59 Å². The van der Waals surface area contributed by atoms with Crippen molar-refractivity contribution in [1.82, 2.24) is 15.2 Å². The van der Waals surface area contributed by atoms with Gasteiger partial charge in [0, 0.05) is 23.1 Å². The van der Waals surface area contributed by atoms with Gasteiger partial charge in [-0.25, -0.2) is 4.98 Å². The number of fused-ring (bicyclic) bond motifs is 1. The van der Waals surface area contributed by atoms with Crippen LogP contribution in [0.1, 0.15) is 30.1 Å². The number of pyridine rings is 1. The number of nitrogens with zero attached hydrogens (tertiary/aromatic N) is 3. The molecule has 3 aromatic heterocycles. The Morgan fingerprint density at radius 2 is 1.80 bits per heavy atom. The number of carbonyl (C=O) groups excluding carboxylic acids is 2. The second kappa shape index (κ2) is 9.60. The summed E-state index contributed by atoms with van der Waals surface area (Å²) in [6, 6.07) is 19.9. The second-order valence-corrected chi connectivity index (χ2v) is 7.79. The topological polar surface area (TPSA) is 123 Å². The van der Waals surface area contributed by atoms with Gasteiger partial charge in [-0.1, -0.05) is 42.4 Å². The van der Waals surface area contributed by atoms with E-state index in [0.717, 1.165) is 12.0 Å². The average molecular weight is 467 g/mol. The fraction of sp³-hybridized carbons (Fsp3) is 0.115. The van der Waals surface area contributed by atoms with E-state index in [-0.39, 0.29) is 17.8 Å². The Hall–Kier alpha value is -4.79. The second-order valence-electron chi connectivity index (χ2n) is 7.79. The highest BCUT2D eigenvalue weighted by Crippen LogP contribution is 2.28. The summed E-state index contributed by atoms with van der Waals surface area (Å²) in [7, 11) is 0. The van der Waals surface area contributed by atoms with Crippen molar-refractivity contribution in [2.24, 2.45) is 0 Å². The maximum absolute atomic E-state index is 13.4. The van der Waals surface area contributed by atoms with Crippen LogP contribution >= 0.6 is 0 Å². The molecule has 0 fully saturated rings. The average Bonchev–Trinajstić information content (AvgIpc) is 3.56. The van der Waals surface area contributed by atoms with Crippen LogP contribution in [0.2, 0.25) is 0 Å². The predicted octanol–water partition coefficient (Wildman–Crippen LogP) is 5.54. The van der Waals surface area contributed by atoms with E-state index in [1.807, 2.05) is 37.3 Å². The first kappa shape index (κ1) is 22.0. The Morgan fingerprint density at radius 3 is 2.57 bits per heavy atom. The number of benzene rings is 2. The Balaban J connectivity index is 1.53. The van der Waals surface area contributed by atoms with Gasteiger partial charge in [-0.2, -0.15) is 0 Å². The van der Waals surface area contributed by atoms with Gasteiger partial charge in [0.05, 0.1) is 23.0 Å². The third kappa shape index (κ3) is 4.79. The molecule has 0 saturated heterocycles. The van der Waals surface area contributed by atoms with E-state index in [1.54, 1.807) is 36.4 Å². The molecule has 3 heterocycles. The SMILES string of the molecule is CCCC(=O)Nc1ccc2nc(-c3ccccc3)cc(C(=O)Nc3nnc(-c4ccco4)o3)c2c1. The van der Waals surface area contributed by atoms with E-state index in [4.69, 9.17) is 13.8 Å². The van der Waals surface area contributed by atoms with Crippen LogP contribution in [0.25, 0.3) is 33.8 Å². The zero-order valence-electron chi connectivity index (χ0n) is 18.8. The lowest BCUT2D eigenvalue weighted by atomic mass is 10.0. The van der Waals surface area contributed by atoms with Crippen LogP contribution in [0.5, 0.6) is 0 Å². The molecule has 35 heavy (non-hydrogen) atoms. The molecule has 2 amide bonds. The zero-order chi connectivity index (χ0) is 24.2. The number of furan rings is 1. The highest BCUT2D eigenvalue weighted by Gasteiger charge is 2.19. The molecule has 5 aromatic rings. The minimum Gasteiger partial charge on any atom is -0.459 e.